The molecule has 140 valence electrons. The average Bonchev–Trinajstić information content (AvgIpc) is 2.68. The van der Waals surface area contributed by atoms with Crippen molar-refractivity contribution < 1.29 is 16.8 Å². The third-order valence-electron chi connectivity index (χ3n) is 4.75. The van der Waals surface area contributed by atoms with Crippen LogP contribution in [-0.4, -0.2) is 27.1 Å². The van der Waals surface area contributed by atoms with Crippen molar-refractivity contribution in [3.8, 4) is 0 Å². The Morgan fingerprint density at radius 3 is 1.54 bits per heavy atom. The van der Waals surface area contributed by atoms with Crippen molar-refractivity contribution in [2.75, 3.05) is 6.54 Å². The number of hydrogen-bond donors (Lipinski definition) is 0. The fraction of sp³-hybridized carbons (Fsp3) is 0.368. The van der Waals surface area contributed by atoms with E-state index in [0.717, 1.165) is 32.1 Å². The highest BCUT2D eigenvalue weighted by Crippen LogP contribution is 2.30. The van der Waals surface area contributed by atoms with E-state index in [-0.39, 0.29) is 22.3 Å². The minimum Gasteiger partial charge on any atom is -0.206 e. The second-order valence-corrected chi connectivity index (χ2v) is 10.6. The molecule has 3 rings (SSSR count). The fourth-order valence-electron chi connectivity index (χ4n) is 3.33. The lowest BCUT2D eigenvalue weighted by molar-refractivity contribution is 0.323. The van der Waals surface area contributed by atoms with Gasteiger partial charge in [0, 0.05) is 6.54 Å². The third-order valence-corrected chi connectivity index (χ3v) is 9.03. The Bertz CT molecular complexity index is 851. The summed E-state index contributed by atoms with van der Waals surface area (Å²) in [7, 11) is -8.32. The van der Waals surface area contributed by atoms with Crippen molar-refractivity contribution in [1.29, 1.82) is 0 Å². The summed E-state index contributed by atoms with van der Waals surface area (Å²) in [5, 5.41) is 0. The molecule has 1 saturated carbocycles. The number of rotatable bonds is 6. The molecule has 2 aromatic rings. The first-order chi connectivity index (χ1) is 12.4. The SMILES string of the molecule is O=S(=O)(c1ccccc1)N(CC1CCCCC1)S(=O)(=O)c1ccccc1. The fourth-order valence-corrected chi connectivity index (χ4v) is 7.16. The summed E-state index contributed by atoms with van der Waals surface area (Å²) in [5.74, 6) is 0.0562. The maximum Gasteiger partial charge on any atom is 0.256 e. The van der Waals surface area contributed by atoms with Gasteiger partial charge in [-0.2, -0.15) is 0 Å². The average molecular weight is 394 g/mol. The van der Waals surface area contributed by atoms with Crippen LogP contribution in [0.4, 0.5) is 0 Å². The summed E-state index contributed by atoms with van der Waals surface area (Å²) in [6.07, 6.45) is 4.84. The van der Waals surface area contributed by atoms with Crippen LogP contribution >= 0.6 is 0 Å². The van der Waals surface area contributed by atoms with E-state index in [1.165, 1.54) is 24.3 Å². The summed E-state index contributed by atoms with van der Waals surface area (Å²) >= 11 is 0. The second kappa shape index (κ2) is 7.90. The molecule has 5 nitrogen and oxygen atoms in total. The van der Waals surface area contributed by atoms with Crippen molar-refractivity contribution in [1.82, 2.24) is 3.71 Å². The highest BCUT2D eigenvalue weighted by Gasteiger charge is 2.38. The molecule has 0 aliphatic heterocycles. The van der Waals surface area contributed by atoms with Gasteiger partial charge in [-0.3, -0.25) is 0 Å². The van der Waals surface area contributed by atoms with Gasteiger partial charge in [-0.05, 0) is 43.0 Å². The van der Waals surface area contributed by atoms with Gasteiger partial charge in [-0.1, -0.05) is 59.4 Å². The van der Waals surface area contributed by atoms with Gasteiger partial charge in [0.15, 0.2) is 0 Å². The summed E-state index contributed by atoms with van der Waals surface area (Å²) in [6, 6.07) is 15.5. The first kappa shape index (κ1) is 19.1. The third kappa shape index (κ3) is 4.00. The summed E-state index contributed by atoms with van der Waals surface area (Å²) in [6.45, 7) is -0.00550. The van der Waals surface area contributed by atoms with Gasteiger partial charge in [0.1, 0.15) is 0 Å². The Labute approximate surface area is 155 Å². The van der Waals surface area contributed by atoms with E-state index in [1.54, 1.807) is 36.4 Å². The molecule has 26 heavy (non-hydrogen) atoms. The minimum absolute atomic E-state index is 0.00434. The molecule has 0 radical (unpaired) electrons. The molecule has 2 aromatic carbocycles. The molecular formula is C19H23NO4S2. The molecule has 0 aromatic heterocycles. The van der Waals surface area contributed by atoms with Crippen LogP contribution < -0.4 is 0 Å². The largest absolute Gasteiger partial charge is 0.256 e. The zero-order chi connectivity index (χ0) is 18.6. The minimum atomic E-state index is -4.16. The lowest BCUT2D eigenvalue weighted by atomic mass is 9.89. The monoisotopic (exact) mass is 393 g/mol. The molecule has 0 saturated heterocycles. The number of sulfonamides is 2. The number of benzene rings is 2. The molecule has 1 fully saturated rings. The molecule has 7 heteroatoms. The van der Waals surface area contributed by atoms with Gasteiger partial charge in [-0.25, -0.2) is 16.8 Å². The Hall–Kier alpha value is -1.70. The van der Waals surface area contributed by atoms with Gasteiger partial charge in [-0.15, -0.1) is 0 Å². The van der Waals surface area contributed by atoms with Crippen LogP contribution in [0.5, 0.6) is 0 Å². The maximum absolute atomic E-state index is 13.2. The van der Waals surface area contributed by atoms with Crippen molar-refractivity contribution in [3.63, 3.8) is 0 Å². The zero-order valence-electron chi connectivity index (χ0n) is 14.5. The zero-order valence-corrected chi connectivity index (χ0v) is 16.1. The molecule has 1 aliphatic rings. The van der Waals surface area contributed by atoms with Crippen LogP contribution in [0.2, 0.25) is 0 Å². The van der Waals surface area contributed by atoms with Crippen LogP contribution in [0.15, 0.2) is 70.5 Å². The smallest absolute Gasteiger partial charge is 0.206 e. The Morgan fingerprint density at radius 2 is 1.12 bits per heavy atom. The van der Waals surface area contributed by atoms with E-state index in [1.807, 2.05) is 0 Å². The van der Waals surface area contributed by atoms with E-state index in [9.17, 15) is 16.8 Å². The molecule has 0 amide bonds. The van der Waals surface area contributed by atoms with Crippen molar-refractivity contribution in [2.45, 2.75) is 41.9 Å². The van der Waals surface area contributed by atoms with E-state index >= 15 is 0 Å². The second-order valence-electron chi connectivity index (χ2n) is 6.60. The number of nitrogens with zero attached hydrogens (tertiary/aromatic N) is 1. The summed E-state index contributed by atoms with van der Waals surface area (Å²) in [4.78, 5) is -0.00867. The van der Waals surface area contributed by atoms with Crippen LogP contribution in [-0.2, 0) is 20.0 Å². The van der Waals surface area contributed by atoms with E-state index in [0.29, 0.717) is 3.71 Å². The van der Waals surface area contributed by atoms with E-state index < -0.39 is 20.0 Å². The van der Waals surface area contributed by atoms with Crippen molar-refractivity contribution >= 4 is 20.0 Å². The molecule has 0 N–H and O–H groups in total. The number of hydrogen-bond acceptors (Lipinski definition) is 4. The molecule has 0 spiro atoms. The van der Waals surface area contributed by atoms with Gasteiger partial charge >= 0.3 is 0 Å². The highest BCUT2D eigenvalue weighted by atomic mass is 32.3. The highest BCUT2D eigenvalue weighted by molar-refractivity contribution is 8.04. The predicted molar refractivity (Wildman–Crippen MR) is 101 cm³/mol. The molecule has 0 bridgehead atoms. The maximum atomic E-state index is 13.2. The van der Waals surface area contributed by atoms with Crippen molar-refractivity contribution in [3.05, 3.63) is 60.7 Å². The normalized spacial score (nSPS) is 16.7. The van der Waals surface area contributed by atoms with Gasteiger partial charge in [0.25, 0.3) is 20.0 Å². The molecule has 0 atom stereocenters. The molecule has 0 unspecified atom stereocenters. The first-order valence-electron chi connectivity index (χ1n) is 8.80. The van der Waals surface area contributed by atoms with Crippen LogP contribution in [0.3, 0.4) is 0 Å². The van der Waals surface area contributed by atoms with Gasteiger partial charge in [0.05, 0.1) is 9.79 Å². The lowest BCUT2D eigenvalue weighted by Crippen LogP contribution is -2.40. The van der Waals surface area contributed by atoms with E-state index in [2.05, 4.69) is 0 Å². The van der Waals surface area contributed by atoms with Gasteiger partial charge in [0.2, 0.25) is 0 Å². The predicted octanol–water partition coefficient (Wildman–Crippen LogP) is 3.65. The summed E-state index contributed by atoms with van der Waals surface area (Å²) in [5.41, 5.74) is 0. The quantitative estimate of drug-likeness (QED) is 0.751. The van der Waals surface area contributed by atoms with Crippen molar-refractivity contribution in [2.24, 2.45) is 5.92 Å². The molecular weight excluding hydrogens is 370 g/mol. The first-order valence-corrected chi connectivity index (χ1v) is 11.7. The Kier molecular flexibility index (Phi) is 5.79. The standard InChI is InChI=1S/C19H23NO4S2/c21-25(22,18-12-6-2-7-13-18)20(16-17-10-4-1-5-11-17)26(23,24)19-14-8-3-9-15-19/h2-3,6-9,12-15,17H,1,4-5,10-11,16H2. The topological polar surface area (TPSA) is 71.5 Å². The Balaban J connectivity index is 2.04. The lowest BCUT2D eigenvalue weighted by Gasteiger charge is -2.28. The van der Waals surface area contributed by atoms with Crippen LogP contribution in [0, 0.1) is 5.92 Å². The Morgan fingerprint density at radius 1 is 0.692 bits per heavy atom. The van der Waals surface area contributed by atoms with Crippen LogP contribution in [0.25, 0.3) is 0 Å². The van der Waals surface area contributed by atoms with E-state index in [4.69, 9.17) is 0 Å². The van der Waals surface area contributed by atoms with Gasteiger partial charge < -0.3 is 0 Å². The summed E-state index contributed by atoms with van der Waals surface area (Å²) < 4.78 is 53.4. The van der Waals surface area contributed by atoms with Crippen LogP contribution in [0.1, 0.15) is 32.1 Å². The molecule has 0 heterocycles. The molecule has 1 aliphatic carbocycles.